The average molecular weight is 316 g/mol. The number of Topliss-reactive ketones (excluding diaryl/α,β-unsaturated/α-hetero) is 1. The predicted octanol–water partition coefficient (Wildman–Crippen LogP) is 1.80. The molecule has 1 saturated heterocycles. The van der Waals surface area contributed by atoms with E-state index >= 15 is 0 Å². The van der Waals surface area contributed by atoms with Crippen molar-refractivity contribution in [3.8, 4) is 0 Å². The zero-order valence-corrected chi connectivity index (χ0v) is 13.6. The van der Waals surface area contributed by atoms with Crippen LogP contribution in [0.3, 0.4) is 0 Å². The fourth-order valence-corrected chi connectivity index (χ4v) is 2.61. The van der Waals surface area contributed by atoms with E-state index in [0.717, 1.165) is 27.3 Å². The molecule has 0 radical (unpaired) electrons. The summed E-state index contributed by atoms with van der Waals surface area (Å²) in [4.78, 5) is 49.8. The Kier molecular flexibility index (Phi) is 4.93. The Morgan fingerprint density at radius 2 is 1.61 bits per heavy atom. The molecule has 0 saturated carbocycles. The SMILES string of the molecule is CCc1ccc(CC)c(C(=O)CN2C(=O)C(=O)N(CC)C2=O)c1. The molecule has 122 valence electrons. The molecule has 1 heterocycles. The third kappa shape index (κ3) is 3.02. The van der Waals surface area contributed by atoms with Crippen LogP contribution < -0.4 is 0 Å². The number of nitrogens with zero attached hydrogens (tertiary/aromatic N) is 2. The predicted molar refractivity (Wildman–Crippen MR) is 84.0 cm³/mol. The van der Waals surface area contributed by atoms with Gasteiger partial charge in [0.2, 0.25) is 0 Å². The highest BCUT2D eigenvalue weighted by Crippen LogP contribution is 2.17. The molecule has 1 aromatic carbocycles. The summed E-state index contributed by atoms with van der Waals surface area (Å²) in [6, 6.07) is 4.93. The van der Waals surface area contributed by atoms with Crippen molar-refractivity contribution in [3.63, 3.8) is 0 Å². The van der Waals surface area contributed by atoms with Gasteiger partial charge < -0.3 is 0 Å². The van der Waals surface area contributed by atoms with Crippen molar-refractivity contribution < 1.29 is 19.2 Å². The molecule has 6 heteroatoms. The number of urea groups is 1. The quantitative estimate of drug-likeness (QED) is 0.456. The number of likely N-dealkylation sites (N-methyl/N-ethyl adjacent to an activating group) is 1. The number of amides is 4. The van der Waals surface area contributed by atoms with Crippen molar-refractivity contribution >= 4 is 23.6 Å². The van der Waals surface area contributed by atoms with E-state index in [1.807, 2.05) is 26.0 Å². The minimum absolute atomic E-state index is 0.111. The maximum atomic E-state index is 12.6. The molecule has 4 amide bonds. The van der Waals surface area contributed by atoms with Gasteiger partial charge in [0.05, 0.1) is 6.54 Å². The molecule has 1 aliphatic heterocycles. The fourth-order valence-electron chi connectivity index (χ4n) is 2.61. The van der Waals surface area contributed by atoms with Crippen LogP contribution in [0.5, 0.6) is 0 Å². The molecule has 0 spiro atoms. The first-order chi connectivity index (χ1) is 10.9. The van der Waals surface area contributed by atoms with Crippen molar-refractivity contribution in [2.24, 2.45) is 0 Å². The molecule has 6 nitrogen and oxygen atoms in total. The summed E-state index contributed by atoms with van der Waals surface area (Å²) in [5.41, 5.74) is 2.38. The molecule has 1 aliphatic rings. The zero-order valence-electron chi connectivity index (χ0n) is 13.6. The number of carbonyl (C=O) groups is 4. The van der Waals surface area contributed by atoms with Gasteiger partial charge in [0.15, 0.2) is 5.78 Å². The molecular formula is C17H20N2O4. The summed E-state index contributed by atoms with van der Waals surface area (Å²) in [6.07, 6.45) is 1.46. The Hall–Kier alpha value is -2.50. The zero-order chi connectivity index (χ0) is 17.1. The average Bonchev–Trinajstić information content (AvgIpc) is 2.77. The van der Waals surface area contributed by atoms with E-state index in [1.165, 1.54) is 0 Å². The van der Waals surface area contributed by atoms with E-state index < -0.39 is 24.4 Å². The van der Waals surface area contributed by atoms with Crippen molar-refractivity contribution in [2.75, 3.05) is 13.1 Å². The molecule has 1 aromatic rings. The second kappa shape index (κ2) is 6.73. The van der Waals surface area contributed by atoms with Gasteiger partial charge in [-0.15, -0.1) is 0 Å². The molecule has 0 N–H and O–H groups in total. The van der Waals surface area contributed by atoms with Crippen LogP contribution in [0.15, 0.2) is 18.2 Å². The van der Waals surface area contributed by atoms with Crippen LogP contribution in [0.2, 0.25) is 0 Å². The van der Waals surface area contributed by atoms with Gasteiger partial charge in [0, 0.05) is 12.1 Å². The number of hydrogen-bond donors (Lipinski definition) is 0. The number of ketones is 1. The van der Waals surface area contributed by atoms with Crippen molar-refractivity contribution in [3.05, 3.63) is 34.9 Å². The van der Waals surface area contributed by atoms with Crippen LogP contribution >= 0.6 is 0 Å². The molecule has 0 atom stereocenters. The summed E-state index contributed by atoms with van der Waals surface area (Å²) >= 11 is 0. The highest BCUT2D eigenvalue weighted by Gasteiger charge is 2.44. The van der Waals surface area contributed by atoms with Crippen LogP contribution in [0.25, 0.3) is 0 Å². The maximum absolute atomic E-state index is 12.6. The van der Waals surface area contributed by atoms with Gasteiger partial charge in [-0.05, 0) is 37.0 Å². The van der Waals surface area contributed by atoms with E-state index in [2.05, 4.69) is 0 Å². The number of aryl methyl sites for hydroxylation is 2. The van der Waals surface area contributed by atoms with Crippen LogP contribution in [-0.2, 0) is 22.4 Å². The van der Waals surface area contributed by atoms with E-state index in [-0.39, 0.29) is 12.3 Å². The largest absolute Gasteiger partial charge is 0.334 e. The molecule has 0 bridgehead atoms. The Labute approximate surface area is 135 Å². The van der Waals surface area contributed by atoms with Gasteiger partial charge in [0.1, 0.15) is 0 Å². The maximum Gasteiger partial charge on any atom is 0.334 e. The van der Waals surface area contributed by atoms with Crippen LogP contribution in [0.1, 0.15) is 42.3 Å². The van der Waals surface area contributed by atoms with Gasteiger partial charge in [-0.3, -0.25) is 19.3 Å². The van der Waals surface area contributed by atoms with Crippen LogP contribution in [0, 0.1) is 0 Å². The lowest BCUT2D eigenvalue weighted by molar-refractivity contribution is -0.143. The molecule has 23 heavy (non-hydrogen) atoms. The Bertz CT molecular complexity index is 681. The monoisotopic (exact) mass is 316 g/mol. The fraction of sp³-hybridized carbons (Fsp3) is 0.412. The second-order valence-corrected chi connectivity index (χ2v) is 5.35. The molecule has 0 aliphatic carbocycles. The molecule has 0 unspecified atom stereocenters. The molecule has 2 rings (SSSR count). The summed E-state index contributed by atoms with van der Waals surface area (Å²) < 4.78 is 0. The lowest BCUT2D eigenvalue weighted by atomic mass is 9.97. The Morgan fingerprint density at radius 1 is 0.957 bits per heavy atom. The van der Waals surface area contributed by atoms with E-state index in [0.29, 0.717) is 12.0 Å². The van der Waals surface area contributed by atoms with E-state index in [9.17, 15) is 19.2 Å². The second-order valence-electron chi connectivity index (χ2n) is 5.35. The summed E-state index contributed by atoms with van der Waals surface area (Å²) in [6.45, 7) is 5.24. The standard InChI is InChI=1S/C17H20N2O4/c1-4-11-7-8-12(5-2)13(9-11)14(20)10-19-16(22)15(21)18(6-3)17(19)23/h7-9H,4-6,10H2,1-3H3. The topological polar surface area (TPSA) is 74.8 Å². The minimum atomic E-state index is -0.935. The van der Waals surface area contributed by atoms with Crippen molar-refractivity contribution in [1.82, 2.24) is 9.80 Å². The van der Waals surface area contributed by atoms with Gasteiger partial charge in [-0.2, -0.15) is 0 Å². The minimum Gasteiger partial charge on any atom is -0.292 e. The first-order valence-corrected chi connectivity index (χ1v) is 7.76. The summed E-state index contributed by atoms with van der Waals surface area (Å²) in [5, 5.41) is 0. The summed E-state index contributed by atoms with van der Waals surface area (Å²) in [5.74, 6) is -2.14. The highest BCUT2D eigenvalue weighted by molar-refractivity contribution is 6.45. The number of hydrogen-bond acceptors (Lipinski definition) is 4. The number of imide groups is 2. The van der Waals surface area contributed by atoms with Gasteiger partial charge in [-0.1, -0.05) is 26.0 Å². The van der Waals surface area contributed by atoms with Crippen LogP contribution in [-0.4, -0.2) is 46.5 Å². The first-order valence-electron chi connectivity index (χ1n) is 7.76. The molecular weight excluding hydrogens is 296 g/mol. The summed E-state index contributed by atoms with van der Waals surface area (Å²) in [7, 11) is 0. The molecule has 1 fully saturated rings. The third-order valence-corrected chi connectivity index (χ3v) is 4.02. The number of benzene rings is 1. The molecule has 0 aromatic heterocycles. The van der Waals surface area contributed by atoms with Gasteiger partial charge in [0.25, 0.3) is 0 Å². The van der Waals surface area contributed by atoms with Gasteiger partial charge >= 0.3 is 17.8 Å². The third-order valence-electron chi connectivity index (χ3n) is 4.02. The smallest absolute Gasteiger partial charge is 0.292 e. The number of rotatable bonds is 6. The van der Waals surface area contributed by atoms with Gasteiger partial charge in [-0.25, -0.2) is 9.69 Å². The Morgan fingerprint density at radius 3 is 2.13 bits per heavy atom. The van der Waals surface area contributed by atoms with E-state index in [4.69, 9.17) is 0 Å². The normalized spacial score (nSPS) is 14.8. The van der Waals surface area contributed by atoms with Crippen molar-refractivity contribution in [1.29, 1.82) is 0 Å². The first kappa shape index (κ1) is 16.9. The van der Waals surface area contributed by atoms with Crippen molar-refractivity contribution in [2.45, 2.75) is 33.6 Å². The lowest BCUT2D eigenvalue weighted by Gasteiger charge is -2.15. The number of carbonyl (C=O) groups excluding carboxylic acids is 4. The van der Waals surface area contributed by atoms with Crippen LogP contribution in [0.4, 0.5) is 4.79 Å². The van der Waals surface area contributed by atoms with E-state index in [1.54, 1.807) is 13.0 Å². The Balaban J connectivity index is 2.27. The highest BCUT2D eigenvalue weighted by atomic mass is 16.2. The lowest BCUT2D eigenvalue weighted by Crippen LogP contribution is -2.37.